The summed E-state index contributed by atoms with van der Waals surface area (Å²) in [6, 6.07) is 0. The van der Waals surface area contributed by atoms with Crippen molar-refractivity contribution < 1.29 is 19.7 Å². The van der Waals surface area contributed by atoms with Gasteiger partial charge in [0.1, 0.15) is 6.10 Å². The van der Waals surface area contributed by atoms with Crippen LogP contribution in [0.3, 0.4) is 0 Å². The number of unbranched alkanes of at least 4 members (excludes halogenated alkanes) is 9. The molecule has 0 aromatic heterocycles. The number of hydrogen-bond donors (Lipinski definition) is 2. The van der Waals surface area contributed by atoms with Gasteiger partial charge in [-0.1, -0.05) is 69.8 Å². The summed E-state index contributed by atoms with van der Waals surface area (Å²) in [4.78, 5) is 0. The monoisotopic (exact) mass is 354 g/mol. The maximum atomic E-state index is 10.0. The van der Waals surface area contributed by atoms with E-state index in [0.29, 0.717) is 6.42 Å². The molecule has 1 saturated heterocycles. The van der Waals surface area contributed by atoms with Gasteiger partial charge >= 0.3 is 0 Å². The van der Waals surface area contributed by atoms with Crippen LogP contribution in [0.1, 0.15) is 84.0 Å². The molecular weight excluding hydrogens is 316 g/mol. The molecule has 4 nitrogen and oxygen atoms in total. The molecule has 0 bridgehead atoms. The molecule has 2 unspecified atom stereocenters. The molecular formula is C21H38O4. The van der Waals surface area contributed by atoms with Crippen LogP contribution in [-0.4, -0.2) is 35.5 Å². The van der Waals surface area contributed by atoms with Crippen molar-refractivity contribution in [2.45, 2.75) is 96.1 Å². The molecule has 2 N–H and O–H groups in total. The zero-order valence-electron chi connectivity index (χ0n) is 16.0. The Morgan fingerprint density at radius 1 is 0.920 bits per heavy atom. The van der Waals surface area contributed by atoms with Gasteiger partial charge < -0.3 is 19.7 Å². The van der Waals surface area contributed by atoms with E-state index in [1.165, 1.54) is 51.4 Å². The minimum atomic E-state index is -1.47. The Labute approximate surface area is 153 Å². The van der Waals surface area contributed by atoms with Crippen LogP contribution in [0.2, 0.25) is 0 Å². The molecule has 0 aromatic rings. The molecule has 0 amide bonds. The Balaban J connectivity index is 1.87. The fraction of sp³-hybridized carbons (Fsp3) is 0.810. The lowest BCUT2D eigenvalue weighted by Gasteiger charge is -2.20. The fourth-order valence-electron chi connectivity index (χ4n) is 2.95. The maximum Gasteiger partial charge on any atom is 0.280 e. The third-order valence-corrected chi connectivity index (χ3v) is 4.52. The SMILES string of the molecule is CCCCCCC=CC=CCCCCCCCC1(O)OCC(CO)O1. The van der Waals surface area contributed by atoms with Crippen LogP contribution in [0.15, 0.2) is 24.3 Å². The third kappa shape index (κ3) is 11.5. The minimum Gasteiger partial charge on any atom is -0.394 e. The van der Waals surface area contributed by atoms with E-state index >= 15 is 0 Å². The zero-order valence-corrected chi connectivity index (χ0v) is 16.0. The van der Waals surface area contributed by atoms with Crippen molar-refractivity contribution >= 4 is 0 Å². The molecule has 0 aliphatic carbocycles. The lowest BCUT2D eigenvalue weighted by atomic mass is 10.1. The van der Waals surface area contributed by atoms with Crippen LogP contribution in [-0.2, 0) is 9.47 Å². The second kappa shape index (κ2) is 14.5. The summed E-state index contributed by atoms with van der Waals surface area (Å²) in [6.07, 6.45) is 22.1. The van der Waals surface area contributed by atoms with Crippen molar-refractivity contribution in [1.82, 2.24) is 0 Å². The first-order valence-electron chi connectivity index (χ1n) is 10.2. The Morgan fingerprint density at radius 3 is 2.12 bits per heavy atom. The largest absolute Gasteiger partial charge is 0.394 e. The topological polar surface area (TPSA) is 58.9 Å². The Bertz CT molecular complexity index is 367. The summed E-state index contributed by atoms with van der Waals surface area (Å²) in [6.45, 7) is 2.41. The summed E-state index contributed by atoms with van der Waals surface area (Å²) < 4.78 is 10.5. The highest BCUT2D eigenvalue weighted by molar-refractivity contribution is 5.02. The number of aliphatic hydroxyl groups is 2. The van der Waals surface area contributed by atoms with Crippen LogP contribution in [0.5, 0.6) is 0 Å². The number of aliphatic hydroxyl groups excluding tert-OH is 1. The van der Waals surface area contributed by atoms with Crippen molar-refractivity contribution in [3.63, 3.8) is 0 Å². The summed E-state index contributed by atoms with van der Waals surface area (Å²) in [5, 5.41) is 19.0. The molecule has 1 aliphatic heterocycles. The quantitative estimate of drug-likeness (QED) is 0.326. The van der Waals surface area contributed by atoms with Gasteiger partial charge in [-0.3, -0.25) is 0 Å². The lowest BCUT2D eigenvalue weighted by molar-refractivity contribution is -0.316. The van der Waals surface area contributed by atoms with Crippen LogP contribution < -0.4 is 0 Å². The molecule has 1 aliphatic rings. The van der Waals surface area contributed by atoms with E-state index in [-0.39, 0.29) is 19.3 Å². The predicted octanol–water partition coefficient (Wildman–Crippen LogP) is 4.85. The van der Waals surface area contributed by atoms with Gasteiger partial charge in [-0.15, -0.1) is 0 Å². The van der Waals surface area contributed by atoms with Gasteiger partial charge in [0.15, 0.2) is 0 Å². The van der Waals surface area contributed by atoms with Gasteiger partial charge in [-0.05, 0) is 32.1 Å². The summed E-state index contributed by atoms with van der Waals surface area (Å²) >= 11 is 0. The first-order chi connectivity index (χ1) is 12.2. The Kier molecular flexibility index (Phi) is 13.0. The van der Waals surface area contributed by atoms with Gasteiger partial charge in [0.2, 0.25) is 0 Å². The minimum absolute atomic E-state index is 0.107. The first-order valence-corrected chi connectivity index (χ1v) is 10.2. The Morgan fingerprint density at radius 2 is 1.52 bits per heavy atom. The van der Waals surface area contributed by atoms with Crippen molar-refractivity contribution in [2.24, 2.45) is 0 Å². The van der Waals surface area contributed by atoms with Crippen LogP contribution in [0.25, 0.3) is 0 Å². The number of hydrogen-bond acceptors (Lipinski definition) is 4. The average molecular weight is 355 g/mol. The molecule has 25 heavy (non-hydrogen) atoms. The van der Waals surface area contributed by atoms with Gasteiger partial charge in [-0.25, -0.2) is 0 Å². The smallest absolute Gasteiger partial charge is 0.280 e. The number of allylic oxidation sites excluding steroid dienone is 4. The molecule has 0 spiro atoms. The molecule has 4 heteroatoms. The molecule has 1 heterocycles. The third-order valence-electron chi connectivity index (χ3n) is 4.52. The van der Waals surface area contributed by atoms with E-state index in [4.69, 9.17) is 14.6 Å². The van der Waals surface area contributed by atoms with Gasteiger partial charge in [0.05, 0.1) is 13.2 Å². The van der Waals surface area contributed by atoms with E-state index in [9.17, 15) is 5.11 Å². The summed E-state index contributed by atoms with van der Waals surface area (Å²) in [7, 11) is 0. The van der Waals surface area contributed by atoms with Crippen molar-refractivity contribution in [3.8, 4) is 0 Å². The number of ether oxygens (including phenoxy) is 2. The van der Waals surface area contributed by atoms with Crippen molar-refractivity contribution in [2.75, 3.05) is 13.2 Å². The molecule has 0 saturated carbocycles. The second-order valence-corrected chi connectivity index (χ2v) is 6.96. The molecule has 1 fully saturated rings. The predicted molar refractivity (Wildman–Crippen MR) is 102 cm³/mol. The standard InChI is InChI=1S/C21H38O4/c1-2-3-4-5-6-7-8-9-10-11-12-13-14-15-16-17-21(23)24-19-20(18-22)25-21/h7-10,20,22-23H,2-6,11-19H2,1H3. The molecule has 146 valence electrons. The van der Waals surface area contributed by atoms with E-state index in [2.05, 4.69) is 31.2 Å². The van der Waals surface area contributed by atoms with E-state index in [0.717, 1.165) is 19.3 Å². The molecule has 1 rings (SSSR count). The number of rotatable bonds is 15. The van der Waals surface area contributed by atoms with Crippen LogP contribution in [0.4, 0.5) is 0 Å². The van der Waals surface area contributed by atoms with Crippen molar-refractivity contribution in [3.05, 3.63) is 24.3 Å². The highest BCUT2D eigenvalue weighted by Crippen LogP contribution is 2.26. The van der Waals surface area contributed by atoms with Crippen LogP contribution in [0, 0.1) is 0 Å². The summed E-state index contributed by atoms with van der Waals surface area (Å²) in [5.74, 6) is -1.47. The van der Waals surface area contributed by atoms with E-state index < -0.39 is 5.97 Å². The van der Waals surface area contributed by atoms with Gasteiger partial charge in [0.25, 0.3) is 5.97 Å². The first kappa shape index (κ1) is 22.4. The highest BCUT2D eigenvalue weighted by atomic mass is 16.9. The van der Waals surface area contributed by atoms with E-state index in [1.54, 1.807) is 0 Å². The fourth-order valence-corrected chi connectivity index (χ4v) is 2.95. The second-order valence-electron chi connectivity index (χ2n) is 6.96. The normalized spacial score (nSPS) is 24.0. The molecule has 0 radical (unpaired) electrons. The van der Waals surface area contributed by atoms with Crippen LogP contribution >= 0.6 is 0 Å². The lowest BCUT2D eigenvalue weighted by Crippen LogP contribution is -2.30. The zero-order chi connectivity index (χ0) is 18.2. The molecule has 0 aromatic carbocycles. The summed E-state index contributed by atoms with van der Waals surface area (Å²) in [5.41, 5.74) is 0. The average Bonchev–Trinajstić information content (AvgIpc) is 3.00. The maximum absolute atomic E-state index is 10.0. The highest BCUT2D eigenvalue weighted by Gasteiger charge is 2.38. The molecule has 2 atom stereocenters. The van der Waals surface area contributed by atoms with Crippen molar-refractivity contribution in [1.29, 1.82) is 0 Å². The Hall–Kier alpha value is -0.680. The van der Waals surface area contributed by atoms with Gasteiger partial charge in [-0.2, -0.15) is 0 Å². The van der Waals surface area contributed by atoms with E-state index in [1.807, 2.05) is 0 Å². The van der Waals surface area contributed by atoms with Gasteiger partial charge in [0, 0.05) is 6.42 Å².